The van der Waals surface area contributed by atoms with Gasteiger partial charge >= 0.3 is 0 Å². The molecule has 0 unspecified atom stereocenters. The molecule has 39 heavy (non-hydrogen) atoms. The molecule has 2 heterocycles. The molecule has 0 aliphatic carbocycles. The average molecular weight is 551 g/mol. The van der Waals surface area contributed by atoms with Crippen molar-refractivity contribution in [1.82, 2.24) is 19.8 Å². The number of morpholine rings is 1. The number of hydrogen-bond acceptors (Lipinski definition) is 6. The molecule has 1 amide bonds. The summed E-state index contributed by atoms with van der Waals surface area (Å²) in [6.45, 7) is 4.70. The Hall–Kier alpha value is -3.60. The Kier molecular flexibility index (Phi) is 8.65. The van der Waals surface area contributed by atoms with Crippen LogP contribution in [0.25, 0.3) is 16.6 Å². The van der Waals surface area contributed by atoms with Crippen LogP contribution < -0.4 is 10.9 Å². The van der Waals surface area contributed by atoms with Crippen LogP contribution in [0.1, 0.15) is 22.3 Å². The summed E-state index contributed by atoms with van der Waals surface area (Å²) in [7, 11) is 0. The lowest BCUT2D eigenvalue weighted by molar-refractivity contribution is 0.0374. The van der Waals surface area contributed by atoms with Crippen LogP contribution in [0.15, 0.2) is 76.7 Å². The van der Waals surface area contributed by atoms with Gasteiger partial charge in [-0.2, -0.15) is 0 Å². The lowest BCUT2D eigenvalue weighted by Crippen LogP contribution is -2.38. The van der Waals surface area contributed by atoms with E-state index in [2.05, 4.69) is 10.2 Å². The van der Waals surface area contributed by atoms with Gasteiger partial charge in [-0.1, -0.05) is 23.9 Å². The predicted octanol–water partition coefficient (Wildman–Crippen LogP) is 4.41. The summed E-state index contributed by atoms with van der Waals surface area (Å²) in [6, 6.07) is 16.6. The van der Waals surface area contributed by atoms with Crippen molar-refractivity contribution < 1.29 is 18.3 Å². The highest BCUT2D eigenvalue weighted by atomic mass is 32.2. The Bertz CT molecular complexity index is 1520. The zero-order valence-electron chi connectivity index (χ0n) is 21.2. The minimum absolute atomic E-state index is 0.239. The third kappa shape index (κ3) is 6.70. The molecular weight excluding hydrogens is 522 g/mol. The monoisotopic (exact) mass is 550 g/mol. The molecule has 202 valence electrons. The van der Waals surface area contributed by atoms with Gasteiger partial charge in [0.15, 0.2) is 5.16 Å². The number of carbonyl (C=O) groups excluding carboxylic acids is 1. The van der Waals surface area contributed by atoms with E-state index >= 15 is 0 Å². The number of benzene rings is 3. The molecule has 0 spiro atoms. The van der Waals surface area contributed by atoms with E-state index in [0.717, 1.165) is 44.8 Å². The zero-order chi connectivity index (χ0) is 27.2. The molecule has 1 aliphatic heterocycles. The molecule has 0 atom stereocenters. The summed E-state index contributed by atoms with van der Waals surface area (Å²) in [6.07, 6.45) is 0.820. The molecule has 1 saturated heterocycles. The number of carbonyl (C=O) groups is 1. The van der Waals surface area contributed by atoms with E-state index < -0.39 is 5.82 Å². The topological polar surface area (TPSA) is 76.5 Å². The summed E-state index contributed by atoms with van der Waals surface area (Å²) < 4.78 is 34.1. The lowest BCUT2D eigenvalue weighted by Gasteiger charge is -2.26. The number of thioether (sulfide) groups is 1. The summed E-state index contributed by atoms with van der Waals surface area (Å²) in [5, 5.41) is 3.63. The molecular formula is C29H28F2N4O3S. The van der Waals surface area contributed by atoms with Crippen LogP contribution in [0.2, 0.25) is 0 Å². The second kappa shape index (κ2) is 12.5. The fourth-order valence-corrected chi connectivity index (χ4v) is 5.38. The maximum Gasteiger partial charge on any atom is 0.266 e. The van der Waals surface area contributed by atoms with Gasteiger partial charge in [-0.25, -0.2) is 13.8 Å². The Balaban J connectivity index is 1.39. The number of nitrogens with zero attached hydrogens (tertiary/aromatic N) is 3. The van der Waals surface area contributed by atoms with Crippen LogP contribution >= 0.6 is 11.8 Å². The van der Waals surface area contributed by atoms with Gasteiger partial charge in [-0.05, 0) is 73.1 Å². The molecule has 3 aromatic carbocycles. The quantitative estimate of drug-likeness (QED) is 0.189. The molecule has 4 aromatic rings. The molecule has 5 rings (SSSR count). The summed E-state index contributed by atoms with van der Waals surface area (Å²) in [4.78, 5) is 33.4. The number of fused-ring (bicyclic) bond motifs is 1. The van der Waals surface area contributed by atoms with E-state index in [1.807, 2.05) is 0 Å². The third-order valence-electron chi connectivity index (χ3n) is 6.48. The van der Waals surface area contributed by atoms with Crippen molar-refractivity contribution >= 4 is 28.6 Å². The standard InChI is InChI=1S/C29H28F2N4O3S/c30-22-6-8-24(9-7-22)35-28(37)25-10-5-21(27(36)32-11-2-12-34-13-15-38-16-14-34)18-26(25)33-29(35)39-19-20-3-1-4-23(31)17-20/h1,3-10,17-18H,2,11-16,19H2,(H,32,36). The summed E-state index contributed by atoms with van der Waals surface area (Å²) >= 11 is 1.26. The van der Waals surface area contributed by atoms with Crippen molar-refractivity contribution in [3.63, 3.8) is 0 Å². The third-order valence-corrected chi connectivity index (χ3v) is 7.49. The number of rotatable bonds is 9. The van der Waals surface area contributed by atoms with E-state index in [0.29, 0.717) is 39.6 Å². The molecule has 0 radical (unpaired) electrons. The maximum absolute atomic E-state index is 13.7. The molecule has 1 aromatic heterocycles. The highest BCUT2D eigenvalue weighted by Crippen LogP contribution is 2.25. The molecule has 0 bridgehead atoms. The fraction of sp³-hybridized carbons (Fsp3) is 0.276. The van der Waals surface area contributed by atoms with Gasteiger partial charge in [-0.3, -0.25) is 19.1 Å². The minimum Gasteiger partial charge on any atom is -0.379 e. The predicted molar refractivity (Wildman–Crippen MR) is 147 cm³/mol. The Morgan fingerprint density at radius 2 is 1.79 bits per heavy atom. The largest absolute Gasteiger partial charge is 0.379 e. The number of amides is 1. The van der Waals surface area contributed by atoms with Crippen molar-refractivity contribution in [2.24, 2.45) is 0 Å². The number of hydrogen-bond donors (Lipinski definition) is 1. The Labute approximate surface area is 228 Å². The fourth-order valence-electron chi connectivity index (χ4n) is 4.43. The zero-order valence-corrected chi connectivity index (χ0v) is 22.1. The first kappa shape index (κ1) is 27.0. The second-order valence-electron chi connectivity index (χ2n) is 9.23. The van der Waals surface area contributed by atoms with Crippen molar-refractivity contribution in [2.45, 2.75) is 17.3 Å². The maximum atomic E-state index is 13.7. The van der Waals surface area contributed by atoms with E-state index in [1.54, 1.807) is 30.3 Å². The highest BCUT2D eigenvalue weighted by Gasteiger charge is 2.16. The summed E-state index contributed by atoms with van der Waals surface area (Å²) in [5.41, 5.74) is 1.62. The van der Waals surface area contributed by atoms with Gasteiger partial charge in [0, 0.05) is 31.0 Å². The lowest BCUT2D eigenvalue weighted by atomic mass is 10.1. The van der Waals surface area contributed by atoms with Crippen LogP contribution in [-0.2, 0) is 10.5 Å². The number of halogens is 2. The first-order chi connectivity index (χ1) is 19.0. The van der Waals surface area contributed by atoms with Gasteiger partial charge in [0.2, 0.25) is 0 Å². The summed E-state index contributed by atoms with van der Waals surface area (Å²) in [5.74, 6) is -0.649. The second-order valence-corrected chi connectivity index (χ2v) is 10.2. The van der Waals surface area contributed by atoms with Crippen LogP contribution in [0.3, 0.4) is 0 Å². The van der Waals surface area contributed by atoms with E-state index in [4.69, 9.17) is 9.72 Å². The number of aromatic nitrogens is 2. The van der Waals surface area contributed by atoms with E-state index in [9.17, 15) is 18.4 Å². The van der Waals surface area contributed by atoms with Crippen molar-refractivity contribution in [1.29, 1.82) is 0 Å². The van der Waals surface area contributed by atoms with Gasteiger partial charge in [0.1, 0.15) is 11.6 Å². The van der Waals surface area contributed by atoms with Gasteiger partial charge < -0.3 is 10.1 Å². The van der Waals surface area contributed by atoms with Gasteiger partial charge in [0.05, 0.1) is 29.8 Å². The van der Waals surface area contributed by atoms with Crippen LogP contribution in [0.4, 0.5) is 8.78 Å². The molecule has 1 N–H and O–H groups in total. The smallest absolute Gasteiger partial charge is 0.266 e. The number of nitrogens with one attached hydrogen (secondary N) is 1. The molecule has 0 saturated carbocycles. The van der Waals surface area contributed by atoms with Crippen molar-refractivity contribution in [2.75, 3.05) is 39.4 Å². The Morgan fingerprint density at radius 1 is 1.00 bits per heavy atom. The van der Waals surface area contributed by atoms with Gasteiger partial charge in [-0.15, -0.1) is 0 Å². The average Bonchev–Trinajstić information content (AvgIpc) is 2.95. The Morgan fingerprint density at radius 3 is 2.56 bits per heavy atom. The minimum atomic E-state index is -0.421. The van der Waals surface area contributed by atoms with E-state index in [-0.39, 0.29) is 17.3 Å². The first-order valence-corrected chi connectivity index (χ1v) is 13.7. The molecule has 1 fully saturated rings. The normalized spacial score (nSPS) is 14.0. The molecule has 1 aliphatic rings. The van der Waals surface area contributed by atoms with Crippen LogP contribution in [0.5, 0.6) is 0 Å². The molecule has 7 nitrogen and oxygen atoms in total. The van der Waals surface area contributed by atoms with Crippen LogP contribution in [-0.4, -0.2) is 59.8 Å². The number of ether oxygens (including phenoxy) is 1. The van der Waals surface area contributed by atoms with Crippen molar-refractivity contribution in [3.05, 3.63) is 99.8 Å². The molecule has 10 heteroatoms. The first-order valence-electron chi connectivity index (χ1n) is 12.8. The van der Waals surface area contributed by atoms with Gasteiger partial charge in [0.25, 0.3) is 11.5 Å². The van der Waals surface area contributed by atoms with Crippen LogP contribution in [0, 0.1) is 11.6 Å². The van der Waals surface area contributed by atoms with E-state index in [1.165, 1.54) is 52.7 Å². The van der Waals surface area contributed by atoms with Crippen molar-refractivity contribution in [3.8, 4) is 5.69 Å². The SMILES string of the molecule is O=C(NCCCN1CCOCC1)c1ccc2c(=O)n(-c3ccc(F)cc3)c(SCc3cccc(F)c3)nc2c1. The highest BCUT2D eigenvalue weighted by molar-refractivity contribution is 7.98.